The Morgan fingerprint density at radius 3 is 2.63 bits per heavy atom. The van der Waals surface area contributed by atoms with Gasteiger partial charge in [0.05, 0.1) is 4.47 Å². The van der Waals surface area contributed by atoms with Crippen molar-refractivity contribution in [3.05, 3.63) is 40.2 Å². The van der Waals surface area contributed by atoms with Crippen molar-refractivity contribution in [2.75, 3.05) is 11.9 Å². The van der Waals surface area contributed by atoms with Crippen molar-refractivity contribution in [3.8, 4) is 11.4 Å². The Hall–Kier alpha value is -1.49. The van der Waals surface area contributed by atoms with Crippen LogP contribution < -0.4 is 5.32 Å². The number of halogens is 2. The van der Waals surface area contributed by atoms with Crippen molar-refractivity contribution < 1.29 is 4.39 Å². The summed E-state index contributed by atoms with van der Waals surface area (Å²) in [6.45, 7) is 4.86. The van der Waals surface area contributed by atoms with Gasteiger partial charge in [-0.1, -0.05) is 6.92 Å². The van der Waals surface area contributed by atoms with Gasteiger partial charge in [0.2, 0.25) is 0 Å². The predicted octanol–water partition coefficient (Wildman–Crippen LogP) is 4.04. The standard InChI is InChI=1S/C14H15BrFN3/c1-3-10-8-13(17-4-2)19-14(18-10)9-5-6-12(16)11(15)7-9/h5-8H,3-4H2,1-2H3,(H,17,18,19). The van der Waals surface area contributed by atoms with Crippen LogP contribution in [0.4, 0.5) is 10.2 Å². The highest BCUT2D eigenvalue weighted by Crippen LogP contribution is 2.24. The van der Waals surface area contributed by atoms with Crippen LogP contribution in [0.5, 0.6) is 0 Å². The van der Waals surface area contributed by atoms with E-state index < -0.39 is 0 Å². The van der Waals surface area contributed by atoms with Gasteiger partial charge in [0.1, 0.15) is 11.6 Å². The Labute approximate surface area is 120 Å². The van der Waals surface area contributed by atoms with Gasteiger partial charge in [-0.3, -0.25) is 0 Å². The maximum Gasteiger partial charge on any atom is 0.161 e. The van der Waals surface area contributed by atoms with Crippen LogP contribution >= 0.6 is 15.9 Å². The van der Waals surface area contributed by atoms with E-state index in [1.165, 1.54) is 6.07 Å². The minimum atomic E-state index is -0.290. The minimum Gasteiger partial charge on any atom is -0.370 e. The van der Waals surface area contributed by atoms with Crippen molar-refractivity contribution in [2.45, 2.75) is 20.3 Å². The van der Waals surface area contributed by atoms with E-state index >= 15 is 0 Å². The zero-order valence-corrected chi connectivity index (χ0v) is 12.5. The molecule has 0 atom stereocenters. The lowest BCUT2D eigenvalue weighted by Crippen LogP contribution is -2.03. The van der Waals surface area contributed by atoms with Crippen LogP contribution in [0.1, 0.15) is 19.5 Å². The first-order chi connectivity index (χ1) is 9.13. The van der Waals surface area contributed by atoms with Crippen LogP contribution in [0.2, 0.25) is 0 Å². The second kappa shape index (κ2) is 6.10. The third-order valence-corrected chi connectivity index (χ3v) is 3.28. The van der Waals surface area contributed by atoms with E-state index in [1.807, 2.05) is 19.9 Å². The molecule has 0 radical (unpaired) electrons. The minimum absolute atomic E-state index is 0.290. The van der Waals surface area contributed by atoms with Gasteiger partial charge < -0.3 is 5.32 Å². The van der Waals surface area contributed by atoms with Crippen LogP contribution in [0, 0.1) is 5.82 Å². The second-order valence-electron chi connectivity index (χ2n) is 4.08. The van der Waals surface area contributed by atoms with E-state index in [9.17, 15) is 4.39 Å². The lowest BCUT2D eigenvalue weighted by atomic mass is 10.2. The summed E-state index contributed by atoms with van der Waals surface area (Å²) >= 11 is 3.18. The second-order valence-corrected chi connectivity index (χ2v) is 4.94. The van der Waals surface area contributed by atoms with E-state index in [-0.39, 0.29) is 5.82 Å². The van der Waals surface area contributed by atoms with Gasteiger partial charge >= 0.3 is 0 Å². The molecule has 0 bridgehead atoms. The maximum atomic E-state index is 13.3. The van der Waals surface area contributed by atoms with Crippen molar-refractivity contribution in [3.63, 3.8) is 0 Å². The average Bonchev–Trinajstić information content (AvgIpc) is 2.42. The Kier molecular flexibility index (Phi) is 4.47. The van der Waals surface area contributed by atoms with Gasteiger partial charge in [0.15, 0.2) is 5.82 Å². The van der Waals surface area contributed by atoms with E-state index in [1.54, 1.807) is 12.1 Å². The molecule has 0 aliphatic heterocycles. The van der Waals surface area contributed by atoms with E-state index in [0.717, 1.165) is 30.0 Å². The largest absolute Gasteiger partial charge is 0.370 e. The fraction of sp³-hybridized carbons (Fsp3) is 0.286. The average molecular weight is 324 g/mol. The van der Waals surface area contributed by atoms with Crippen LogP contribution in [-0.2, 0) is 6.42 Å². The van der Waals surface area contributed by atoms with Crippen LogP contribution in [0.25, 0.3) is 11.4 Å². The Balaban J connectivity index is 2.47. The van der Waals surface area contributed by atoms with Gasteiger partial charge in [-0.15, -0.1) is 0 Å². The SMILES string of the molecule is CCNc1cc(CC)nc(-c2ccc(F)c(Br)c2)n1. The van der Waals surface area contributed by atoms with Gasteiger partial charge in [-0.05, 0) is 47.5 Å². The summed E-state index contributed by atoms with van der Waals surface area (Å²) in [4.78, 5) is 8.93. The van der Waals surface area contributed by atoms with E-state index in [2.05, 4.69) is 31.2 Å². The van der Waals surface area contributed by atoms with Crippen molar-refractivity contribution >= 4 is 21.7 Å². The predicted molar refractivity (Wildman–Crippen MR) is 78.7 cm³/mol. The summed E-state index contributed by atoms with van der Waals surface area (Å²) in [5, 5.41) is 3.18. The van der Waals surface area contributed by atoms with Crippen LogP contribution in [0.15, 0.2) is 28.7 Å². The highest BCUT2D eigenvalue weighted by atomic mass is 79.9. The van der Waals surface area contributed by atoms with Crippen LogP contribution in [-0.4, -0.2) is 16.5 Å². The molecule has 0 saturated carbocycles. The molecule has 0 aliphatic carbocycles. The third kappa shape index (κ3) is 3.29. The molecule has 1 N–H and O–H groups in total. The zero-order valence-electron chi connectivity index (χ0n) is 10.9. The summed E-state index contributed by atoms with van der Waals surface area (Å²) in [5.41, 5.74) is 1.75. The quantitative estimate of drug-likeness (QED) is 0.922. The van der Waals surface area contributed by atoms with Gasteiger partial charge in [-0.2, -0.15) is 0 Å². The number of hydrogen-bond acceptors (Lipinski definition) is 3. The van der Waals surface area contributed by atoms with E-state index in [0.29, 0.717) is 10.3 Å². The molecule has 1 heterocycles. The molecule has 1 aromatic heterocycles. The third-order valence-electron chi connectivity index (χ3n) is 2.68. The summed E-state index contributed by atoms with van der Waals surface area (Å²) in [6.07, 6.45) is 0.830. The monoisotopic (exact) mass is 323 g/mol. The normalized spacial score (nSPS) is 10.5. The summed E-state index contributed by atoms with van der Waals surface area (Å²) in [5.74, 6) is 1.11. The number of rotatable bonds is 4. The molecule has 0 spiro atoms. The summed E-state index contributed by atoms with van der Waals surface area (Å²) in [7, 11) is 0. The molecule has 100 valence electrons. The highest BCUT2D eigenvalue weighted by Gasteiger charge is 2.08. The number of nitrogens with one attached hydrogen (secondary N) is 1. The van der Waals surface area contributed by atoms with Gasteiger partial charge in [0.25, 0.3) is 0 Å². The fourth-order valence-corrected chi connectivity index (χ4v) is 2.09. The summed E-state index contributed by atoms with van der Waals surface area (Å²) < 4.78 is 13.7. The number of nitrogens with zero attached hydrogens (tertiary/aromatic N) is 2. The smallest absolute Gasteiger partial charge is 0.161 e. The number of hydrogen-bond donors (Lipinski definition) is 1. The van der Waals surface area contributed by atoms with Crippen LogP contribution in [0.3, 0.4) is 0 Å². The number of aryl methyl sites for hydroxylation is 1. The molecule has 5 heteroatoms. The lowest BCUT2D eigenvalue weighted by molar-refractivity contribution is 0.621. The lowest BCUT2D eigenvalue weighted by Gasteiger charge is -2.08. The molecular formula is C14H15BrFN3. The van der Waals surface area contributed by atoms with Crippen molar-refractivity contribution in [1.29, 1.82) is 0 Å². The maximum absolute atomic E-state index is 13.3. The van der Waals surface area contributed by atoms with Gasteiger partial charge in [0, 0.05) is 23.9 Å². The first-order valence-corrected chi connectivity index (χ1v) is 7.00. The molecule has 2 aromatic rings. The number of aromatic nitrogens is 2. The fourth-order valence-electron chi connectivity index (χ4n) is 1.71. The topological polar surface area (TPSA) is 37.8 Å². The number of benzene rings is 1. The molecule has 19 heavy (non-hydrogen) atoms. The molecular weight excluding hydrogens is 309 g/mol. The molecule has 0 amide bonds. The summed E-state index contributed by atoms with van der Waals surface area (Å²) in [6, 6.07) is 6.73. The highest BCUT2D eigenvalue weighted by molar-refractivity contribution is 9.10. The molecule has 0 aliphatic rings. The number of anilines is 1. The Bertz CT molecular complexity index is 587. The van der Waals surface area contributed by atoms with Crippen molar-refractivity contribution in [1.82, 2.24) is 9.97 Å². The molecule has 0 saturated heterocycles. The molecule has 0 unspecified atom stereocenters. The first-order valence-electron chi connectivity index (χ1n) is 6.21. The zero-order chi connectivity index (χ0) is 13.8. The first kappa shape index (κ1) is 13.9. The van der Waals surface area contributed by atoms with Crippen molar-refractivity contribution in [2.24, 2.45) is 0 Å². The molecule has 3 nitrogen and oxygen atoms in total. The molecule has 2 rings (SSSR count). The molecule has 0 fully saturated rings. The van der Waals surface area contributed by atoms with E-state index in [4.69, 9.17) is 0 Å². The van der Waals surface area contributed by atoms with Gasteiger partial charge in [-0.25, -0.2) is 14.4 Å². The Morgan fingerprint density at radius 1 is 1.21 bits per heavy atom. The molecule has 1 aromatic carbocycles. The Morgan fingerprint density at radius 2 is 2.00 bits per heavy atom.